The van der Waals surface area contributed by atoms with Crippen molar-refractivity contribution in [3.05, 3.63) is 29.7 Å². The minimum absolute atomic E-state index is 0.288. The van der Waals surface area contributed by atoms with Crippen molar-refractivity contribution in [1.82, 2.24) is 9.88 Å². The Kier molecular flexibility index (Phi) is 5.60. The monoisotopic (exact) mass is 346 g/mol. The van der Waals surface area contributed by atoms with Crippen molar-refractivity contribution in [1.29, 1.82) is 0 Å². The van der Waals surface area contributed by atoms with Gasteiger partial charge in [-0.05, 0) is 57.0 Å². The number of benzene rings is 1. The molecule has 6 heteroatoms. The molecule has 0 atom stereocenters. The van der Waals surface area contributed by atoms with Crippen LogP contribution in [-0.4, -0.2) is 48.9 Å². The molecule has 2 heterocycles. The Balaban J connectivity index is 1.79. The van der Waals surface area contributed by atoms with Crippen molar-refractivity contribution in [2.24, 2.45) is 5.92 Å². The molecule has 0 saturated carbocycles. The first-order valence-electron chi connectivity index (χ1n) is 8.66. The molecule has 1 aromatic heterocycles. The van der Waals surface area contributed by atoms with E-state index in [-0.39, 0.29) is 6.61 Å². The van der Waals surface area contributed by atoms with Crippen LogP contribution < -0.4 is 9.47 Å². The third-order valence-corrected chi connectivity index (χ3v) is 4.87. The minimum Gasteiger partial charge on any atom is -0.497 e. The van der Waals surface area contributed by atoms with Crippen LogP contribution in [0.5, 0.6) is 11.5 Å². The van der Waals surface area contributed by atoms with Gasteiger partial charge in [-0.15, -0.1) is 0 Å². The van der Waals surface area contributed by atoms with E-state index in [9.17, 15) is 5.11 Å². The highest BCUT2D eigenvalue weighted by atomic mass is 16.5. The third-order valence-electron chi connectivity index (χ3n) is 4.87. The Morgan fingerprint density at radius 1 is 1.24 bits per heavy atom. The van der Waals surface area contributed by atoms with Crippen LogP contribution in [0.15, 0.2) is 22.6 Å². The van der Waals surface area contributed by atoms with Gasteiger partial charge in [-0.1, -0.05) is 0 Å². The second-order valence-electron chi connectivity index (χ2n) is 6.49. The van der Waals surface area contributed by atoms with Crippen molar-refractivity contribution in [2.75, 3.05) is 33.9 Å². The van der Waals surface area contributed by atoms with E-state index < -0.39 is 0 Å². The molecule has 1 aromatic carbocycles. The fourth-order valence-corrected chi connectivity index (χ4v) is 3.21. The number of ether oxygens (including phenoxy) is 2. The van der Waals surface area contributed by atoms with Crippen molar-refractivity contribution in [3.63, 3.8) is 0 Å². The molecule has 0 unspecified atom stereocenters. The molecule has 1 aliphatic rings. The zero-order chi connectivity index (χ0) is 17.8. The van der Waals surface area contributed by atoms with E-state index in [4.69, 9.17) is 18.9 Å². The lowest BCUT2D eigenvalue weighted by atomic mass is 9.98. The average molecular weight is 346 g/mol. The molecule has 3 rings (SSSR count). The number of piperidine rings is 1. The Morgan fingerprint density at radius 3 is 2.64 bits per heavy atom. The summed E-state index contributed by atoms with van der Waals surface area (Å²) in [7, 11) is 3.27. The zero-order valence-corrected chi connectivity index (χ0v) is 15.1. The molecule has 0 radical (unpaired) electrons. The number of aliphatic hydroxyl groups is 1. The maximum atomic E-state index is 9.26. The SMILES string of the molecule is COc1ccc(OC)c(-c2nc(CN3CCC(CO)CC3)c(C)o2)c1. The topological polar surface area (TPSA) is 68.0 Å². The van der Waals surface area contributed by atoms with Crippen molar-refractivity contribution < 1.29 is 19.0 Å². The predicted octanol–water partition coefficient (Wildman–Crippen LogP) is 2.87. The Labute approximate surface area is 148 Å². The van der Waals surface area contributed by atoms with E-state index in [2.05, 4.69) is 4.90 Å². The maximum Gasteiger partial charge on any atom is 0.230 e. The zero-order valence-electron chi connectivity index (χ0n) is 15.1. The third kappa shape index (κ3) is 3.96. The number of rotatable bonds is 6. The van der Waals surface area contributed by atoms with Gasteiger partial charge in [-0.25, -0.2) is 4.98 Å². The first kappa shape index (κ1) is 17.8. The van der Waals surface area contributed by atoms with Crippen molar-refractivity contribution in [3.8, 4) is 23.0 Å². The highest BCUT2D eigenvalue weighted by Gasteiger charge is 2.22. The molecule has 2 aromatic rings. The molecule has 1 fully saturated rings. The number of hydrogen-bond acceptors (Lipinski definition) is 6. The number of hydrogen-bond donors (Lipinski definition) is 1. The first-order chi connectivity index (χ1) is 12.1. The lowest BCUT2D eigenvalue weighted by Gasteiger charge is -2.30. The first-order valence-corrected chi connectivity index (χ1v) is 8.66. The second-order valence-corrected chi connectivity index (χ2v) is 6.49. The standard InChI is InChI=1S/C19H26N2O4/c1-13-17(11-21-8-6-14(12-22)7-9-21)20-19(25-13)16-10-15(23-2)4-5-18(16)24-3/h4-5,10,14,22H,6-9,11-12H2,1-3H3. The van der Waals surface area contributed by atoms with E-state index in [1.165, 1.54) is 0 Å². The van der Waals surface area contributed by atoms with Crippen LogP contribution in [0.3, 0.4) is 0 Å². The number of oxazole rings is 1. The van der Waals surface area contributed by atoms with E-state index in [0.29, 0.717) is 17.6 Å². The summed E-state index contributed by atoms with van der Waals surface area (Å²) in [5, 5.41) is 9.26. The molecule has 6 nitrogen and oxygen atoms in total. The highest BCUT2D eigenvalue weighted by molar-refractivity contribution is 5.65. The predicted molar refractivity (Wildman–Crippen MR) is 94.9 cm³/mol. The maximum absolute atomic E-state index is 9.26. The van der Waals surface area contributed by atoms with Gasteiger partial charge in [-0.2, -0.15) is 0 Å². The number of nitrogens with zero attached hydrogens (tertiary/aromatic N) is 2. The summed E-state index contributed by atoms with van der Waals surface area (Å²) in [5.74, 6) is 3.25. The van der Waals surface area contributed by atoms with Gasteiger partial charge < -0.3 is 19.0 Å². The van der Waals surface area contributed by atoms with Crippen LogP contribution in [-0.2, 0) is 6.54 Å². The molecule has 1 saturated heterocycles. The molecular weight excluding hydrogens is 320 g/mol. The van der Waals surface area contributed by atoms with Gasteiger partial charge in [0.15, 0.2) is 0 Å². The van der Waals surface area contributed by atoms with Crippen LogP contribution in [0, 0.1) is 12.8 Å². The van der Waals surface area contributed by atoms with Crippen LogP contribution in [0.4, 0.5) is 0 Å². The van der Waals surface area contributed by atoms with Gasteiger partial charge in [0, 0.05) is 13.2 Å². The van der Waals surface area contributed by atoms with Gasteiger partial charge in [0.2, 0.25) is 5.89 Å². The van der Waals surface area contributed by atoms with Gasteiger partial charge >= 0.3 is 0 Å². The van der Waals surface area contributed by atoms with E-state index in [1.807, 2.05) is 25.1 Å². The molecule has 1 N–H and O–H groups in total. The normalized spacial score (nSPS) is 16.2. The van der Waals surface area contributed by atoms with Crippen LogP contribution in [0.2, 0.25) is 0 Å². The Hall–Kier alpha value is -2.05. The van der Waals surface area contributed by atoms with Gasteiger partial charge in [0.1, 0.15) is 17.3 Å². The fourth-order valence-electron chi connectivity index (χ4n) is 3.21. The van der Waals surface area contributed by atoms with Gasteiger partial charge in [0.05, 0.1) is 25.5 Å². The lowest BCUT2D eigenvalue weighted by molar-refractivity contribution is 0.126. The summed E-state index contributed by atoms with van der Waals surface area (Å²) in [6.45, 7) is 4.96. The quantitative estimate of drug-likeness (QED) is 0.867. The fraction of sp³-hybridized carbons (Fsp3) is 0.526. The van der Waals surface area contributed by atoms with Gasteiger partial charge in [0.25, 0.3) is 0 Å². The molecule has 0 bridgehead atoms. The summed E-state index contributed by atoms with van der Waals surface area (Å²) in [6.07, 6.45) is 2.06. The Bertz CT molecular complexity index is 705. The van der Waals surface area contributed by atoms with E-state index >= 15 is 0 Å². The highest BCUT2D eigenvalue weighted by Crippen LogP contribution is 2.34. The molecule has 0 spiro atoms. The number of aryl methyl sites for hydroxylation is 1. The van der Waals surface area contributed by atoms with Crippen molar-refractivity contribution in [2.45, 2.75) is 26.3 Å². The summed E-state index contributed by atoms with van der Waals surface area (Å²) in [5.41, 5.74) is 1.73. The largest absolute Gasteiger partial charge is 0.497 e. The molecule has 136 valence electrons. The number of aromatic nitrogens is 1. The van der Waals surface area contributed by atoms with Crippen LogP contribution in [0.25, 0.3) is 11.5 Å². The average Bonchev–Trinajstić information content (AvgIpc) is 3.02. The summed E-state index contributed by atoms with van der Waals surface area (Å²) >= 11 is 0. The number of likely N-dealkylation sites (tertiary alicyclic amines) is 1. The number of aliphatic hydroxyl groups excluding tert-OH is 1. The summed E-state index contributed by atoms with van der Waals surface area (Å²) in [6, 6.07) is 5.58. The summed E-state index contributed by atoms with van der Waals surface area (Å²) < 4.78 is 16.6. The van der Waals surface area contributed by atoms with Gasteiger partial charge in [-0.3, -0.25) is 4.90 Å². The smallest absolute Gasteiger partial charge is 0.230 e. The summed E-state index contributed by atoms with van der Waals surface area (Å²) in [4.78, 5) is 7.07. The lowest BCUT2D eigenvalue weighted by Crippen LogP contribution is -2.34. The molecular formula is C19H26N2O4. The molecule has 0 aliphatic carbocycles. The molecule has 0 amide bonds. The van der Waals surface area contributed by atoms with Crippen LogP contribution in [0.1, 0.15) is 24.3 Å². The van der Waals surface area contributed by atoms with E-state index in [1.54, 1.807) is 14.2 Å². The molecule has 1 aliphatic heterocycles. The second kappa shape index (κ2) is 7.89. The van der Waals surface area contributed by atoms with Crippen molar-refractivity contribution >= 4 is 0 Å². The molecule has 25 heavy (non-hydrogen) atoms. The number of methoxy groups -OCH3 is 2. The van der Waals surface area contributed by atoms with E-state index in [0.717, 1.165) is 55.2 Å². The Morgan fingerprint density at radius 2 is 2.00 bits per heavy atom. The van der Waals surface area contributed by atoms with Crippen LogP contribution >= 0.6 is 0 Å². The minimum atomic E-state index is 0.288.